The summed E-state index contributed by atoms with van der Waals surface area (Å²) < 4.78 is 25.3. The number of hydrogen-bond acceptors (Lipinski definition) is 31. The van der Waals surface area contributed by atoms with Crippen LogP contribution in [-0.2, 0) is 43.0 Å². The number of methoxy groups -OCH3 is 1. The Hall–Kier alpha value is -6.23. The minimum Gasteiger partial charge on any atom is -1.00 e. The number of halogens is 5. The molecule has 0 bridgehead atoms. The van der Waals surface area contributed by atoms with Gasteiger partial charge in [0, 0.05) is 109 Å². The largest absolute Gasteiger partial charge is 1.00 e. The van der Waals surface area contributed by atoms with Crippen molar-refractivity contribution in [1.29, 1.82) is 0 Å². The van der Waals surface area contributed by atoms with E-state index in [9.17, 15) is 89.2 Å². The Kier molecular flexibility index (Phi) is 114. The standard InChI is InChI=1S/C9H17NO3.2C8H16N2O2.C8H13NO5.C8H13NO4.C8H15NO3.C6H11NO3.C6H11NO2.C6H9NO2.C5H10O.C5H8O.C2H2.5CH4.2B.2ClH.F2.FH.H3N.Na.H2O.H2.H/c1-13-9(12)8(11)7(10)5-6-3-2-4-6;2*9-6(7(11)8(10)12)4-5-2-1-3-5;10-7(8(11)12)6(9(13)14)4-5-2-1-3-5;1-6(10)13-8(5-9(11)12)7-3-2-4-7;9-6(7(10)8(11)12)4-5-2-1-3-5;8-6(4-7(9)10)5-2-1-3-5;2*8-7(9)5-4-6-2-1-3-6;2*6-4-5-2-1-3-5;1-2;;;;;;;;;;1-2;;;;;;/h6-8,11H,2-5,10H2,1H3;2*5-7,11H,1-4,9H2,(H2,10,12);5-7,10H,1-4H2,(H,11,12);7-8H,2-5H2,1H3;5-7,10H,1-4,9H2,(H,11,12);5-6,8H,1-4H2;6H,1-5H2;4-6H,1-3H2;5-6H,1-4H2;4-5H,1-3H2;1-2H;5*1H4;;;2*1H;;1H;1H3;;1H2;1H;/q;;;;;;;;;;;;;;;;;;;;;;;;+1;;;-1/b;;;;;;;;5-4+;;;;;;;;;;;;;;;;;;;/i;;;;;;;;;;;;;;;;;;;;;;;;;;1+1;. The van der Waals surface area contributed by atoms with E-state index in [0.29, 0.717) is 73.2 Å². The molecule has 26 N–H and O–H groups in total. The predicted molar refractivity (Wildman–Crippen MR) is 509 cm³/mol. The Morgan fingerprint density at radius 3 is 0.970 bits per heavy atom. The van der Waals surface area contributed by atoms with Crippen molar-refractivity contribution in [2.24, 2.45) is 99.5 Å². The molecule has 11 fully saturated rings. The number of nitrogens with two attached hydrogens (primary N) is 6. The zero-order valence-electron chi connectivity index (χ0n) is 75.4. The Balaban J connectivity index is -0.0000000749. The van der Waals surface area contributed by atoms with Gasteiger partial charge in [-0.25, -0.2) is 14.4 Å². The third-order valence-corrected chi connectivity index (χ3v) is 23.7. The maximum Gasteiger partial charge on any atom is 1.00 e. The molecule has 49 heteroatoms. The summed E-state index contributed by atoms with van der Waals surface area (Å²) >= 11 is 0. The van der Waals surface area contributed by atoms with Gasteiger partial charge < -0.3 is 108 Å². The average molecular weight is 1990 g/mol. The van der Waals surface area contributed by atoms with Crippen molar-refractivity contribution in [2.45, 2.75) is 367 Å². The van der Waals surface area contributed by atoms with Crippen molar-refractivity contribution in [1.82, 2.24) is 6.15 Å². The normalized spacial score (nSPS) is 18.8. The Labute approximate surface area is 826 Å². The summed E-state index contributed by atoms with van der Waals surface area (Å²) in [5.74, 6) is -0.0479. The second kappa shape index (κ2) is 94.7. The van der Waals surface area contributed by atoms with Crippen LogP contribution in [0.25, 0.3) is 0 Å². The van der Waals surface area contributed by atoms with Gasteiger partial charge >= 0.3 is 53.4 Å². The molecule has 0 saturated heterocycles. The molecule has 11 aliphatic carbocycles. The van der Waals surface area contributed by atoms with Crippen molar-refractivity contribution in [3.05, 3.63) is 62.8 Å². The number of aliphatic hydroxyl groups is 7. The van der Waals surface area contributed by atoms with Crippen LogP contribution in [-0.4, -0.2) is 241 Å². The number of allylic oxidation sites excluding steroid dienone is 1. The fourth-order valence-corrected chi connectivity index (χ4v) is 13.2. The third-order valence-electron chi connectivity index (χ3n) is 23.7. The number of aldehydes is 1. The van der Waals surface area contributed by atoms with E-state index in [1.54, 1.807) is 6.08 Å². The van der Waals surface area contributed by atoms with E-state index in [-0.39, 0.29) is 176 Å². The monoisotopic (exact) mass is 1990 g/mol. The van der Waals surface area contributed by atoms with Crippen molar-refractivity contribution >= 4 is 83.6 Å². The summed E-state index contributed by atoms with van der Waals surface area (Å²) in [6.45, 7) is 1.32. The van der Waals surface area contributed by atoms with Gasteiger partial charge in [0.25, 0.3) is 0 Å². The first-order valence-corrected chi connectivity index (χ1v) is 42.0. The number of aliphatic hydroxyl groups excluding tert-OH is 7. The van der Waals surface area contributed by atoms with Gasteiger partial charge in [-0.05, 0) is 149 Å². The van der Waals surface area contributed by atoms with E-state index in [0.717, 1.165) is 122 Å². The van der Waals surface area contributed by atoms with Crippen LogP contribution in [0.15, 0.2) is 12.3 Å². The Morgan fingerprint density at radius 1 is 0.481 bits per heavy atom. The first-order valence-electron chi connectivity index (χ1n) is 42.0. The number of nitro groups is 5. The van der Waals surface area contributed by atoms with Gasteiger partial charge in [-0.2, -0.15) is 0 Å². The summed E-state index contributed by atoms with van der Waals surface area (Å²) in [5, 5.41) is 130. The number of esters is 2. The van der Waals surface area contributed by atoms with Crippen LogP contribution in [0, 0.1) is 129 Å². The molecule has 0 heterocycles. The van der Waals surface area contributed by atoms with Crippen LogP contribution >= 0.6 is 24.8 Å². The van der Waals surface area contributed by atoms with E-state index in [2.05, 4.69) is 17.6 Å². The van der Waals surface area contributed by atoms with Gasteiger partial charge in [0.05, 0.1) is 12.0 Å². The number of ether oxygens (including phenoxy) is 2. The molecule has 12 unspecified atom stereocenters. The van der Waals surface area contributed by atoms with Gasteiger partial charge in [0.2, 0.25) is 49.8 Å². The van der Waals surface area contributed by atoms with Gasteiger partial charge in [-0.1, -0.05) is 185 Å². The quantitative estimate of drug-likeness (QED) is 0.00818. The summed E-state index contributed by atoms with van der Waals surface area (Å²) in [5.41, 5.74) is 32.1. The molecule has 2 amide bonds. The first-order chi connectivity index (χ1) is 56.7. The number of primary amides is 2. The third kappa shape index (κ3) is 75.5. The summed E-state index contributed by atoms with van der Waals surface area (Å²) in [6, 6.07) is -3.40. The molecule has 0 aromatic heterocycles. The molecule has 0 spiro atoms. The molecular weight excluding hydrogens is 1810 g/mol. The van der Waals surface area contributed by atoms with Crippen LogP contribution < -0.4 is 70.1 Å². The van der Waals surface area contributed by atoms with Crippen molar-refractivity contribution in [3.8, 4) is 12.8 Å². The van der Waals surface area contributed by atoms with Crippen LogP contribution in [0.5, 0.6) is 0 Å². The number of hydrogen-bond donors (Lipinski definition) is 16. The van der Waals surface area contributed by atoms with Crippen molar-refractivity contribution in [3.63, 3.8) is 0 Å². The molecule has 41 nitrogen and oxygen atoms in total. The number of carboxylic acids is 2. The summed E-state index contributed by atoms with van der Waals surface area (Å²) in [7, 11) is 1.25. The topological polar surface area (TPSA) is 758 Å². The van der Waals surface area contributed by atoms with Gasteiger partial charge in [-0.3, -0.25) is 69.7 Å². The number of carbonyl (C=O) groups is 7. The molecule has 11 saturated carbocycles. The van der Waals surface area contributed by atoms with Gasteiger partial charge in [0.15, 0.2) is 18.3 Å². The molecule has 11 aliphatic rings. The number of aliphatic carboxylic acids is 2. The number of rotatable bonds is 35. The Bertz CT molecular complexity index is 2910. The van der Waals surface area contributed by atoms with E-state index >= 15 is 0 Å². The second-order valence-electron chi connectivity index (χ2n) is 32.8. The van der Waals surface area contributed by atoms with Gasteiger partial charge in [0.1, 0.15) is 24.6 Å². The molecular formula is C84H172B2Cl2F3N12NaO29. The zero-order chi connectivity index (χ0) is 91.6. The fraction of sp³-hybridized carbons (Fsp3) is 0.869. The molecule has 11 rings (SSSR count). The van der Waals surface area contributed by atoms with Gasteiger partial charge in [-0.15, -0.1) is 37.7 Å². The molecule has 0 aromatic carbocycles. The minimum atomic E-state index is -1.88. The first kappa shape index (κ1) is 161. The Morgan fingerprint density at radius 2 is 0.774 bits per heavy atom. The SMILES string of the molecule is C.C.C.C.C.C#C.CC(=O)OC(C[N+](=O)[O-])C1CCC1.COC(=O)C(O)C(N)CC1CCC1.Cl.Cl.F.FF.N.NC(=O)C(O)C(N)CC1CCC1.NC(=O)C(O)C(N)CC1CCC1.NC(CC1CCC1)C(O)C(=O)O.O.O=C(O)C(O)C(CC1CCC1)[N+](=O)[O-].O=CC1CCC1.O=[N+]([O-])/C=C/C1CCC1.O=[N+]([O-])CC(O)C1CCC1.O=[N+]([O-])CCC1CCC1.OCC1CCC1.[2HH].[B].[B].[H-].[Na+]. The second-order valence-corrected chi connectivity index (χ2v) is 32.8. The number of carbonyl (C=O) groups excluding carboxylic acids is 5. The molecule has 6 radical (unpaired) electrons. The van der Waals surface area contributed by atoms with Crippen LogP contribution in [0.1, 0.15) is 297 Å². The van der Waals surface area contributed by atoms with E-state index < -0.39 is 128 Å². The molecule has 0 aliphatic heterocycles. The van der Waals surface area contributed by atoms with Crippen molar-refractivity contribution < 1.29 is 165 Å². The zero-order valence-corrected chi connectivity index (χ0v) is 78.0. The number of terminal acetylenes is 1. The smallest absolute Gasteiger partial charge is 1.00 e. The van der Waals surface area contributed by atoms with Crippen LogP contribution in [0.3, 0.4) is 0 Å². The van der Waals surface area contributed by atoms with E-state index in [4.69, 9.17) is 89.1 Å². The molecule has 12 atom stereocenters. The van der Waals surface area contributed by atoms with Crippen molar-refractivity contribution in [2.75, 3.05) is 33.4 Å². The number of carboxylic acid groups (broad SMARTS) is 2. The summed E-state index contributed by atoms with van der Waals surface area (Å²) in [6.07, 6.45) is 45.1. The molecule has 133 heavy (non-hydrogen) atoms. The number of nitrogens with zero attached hydrogens (tertiary/aromatic N) is 5. The maximum absolute atomic E-state index is 10.9. The number of amides is 2. The molecule has 784 valence electrons. The van der Waals surface area contributed by atoms with Crippen LogP contribution in [0.2, 0.25) is 0 Å². The predicted octanol–water partition coefficient (Wildman–Crippen LogP) is 6.37. The minimum absolute atomic E-state index is 0. The fourth-order valence-electron chi connectivity index (χ4n) is 13.2. The molecule has 0 aromatic rings. The van der Waals surface area contributed by atoms with E-state index in [1.165, 1.54) is 130 Å². The van der Waals surface area contributed by atoms with E-state index in [1.807, 2.05) is 0 Å². The average Bonchev–Trinajstić information content (AvgIpc) is 0.878. The summed E-state index contributed by atoms with van der Waals surface area (Å²) in [4.78, 5) is 121. The maximum atomic E-state index is 10.9. The van der Waals surface area contributed by atoms with Crippen LogP contribution in [0.4, 0.5) is 13.9 Å².